The molecule has 1 atom stereocenters. The van der Waals surface area contributed by atoms with E-state index in [2.05, 4.69) is 66.7 Å². The average molecular weight is 420 g/mol. The Morgan fingerprint density at radius 3 is 2.77 bits per heavy atom. The van der Waals surface area contributed by atoms with E-state index in [0.29, 0.717) is 5.92 Å². The summed E-state index contributed by atoms with van der Waals surface area (Å²) in [5.41, 5.74) is 7.28. The van der Waals surface area contributed by atoms with Crippen molar-refractivity contribution in [2.75, 3.05) is 7.11 Å². The van der Waals surface area contributed by atoms with E-state index in [1.165, 1.54) is 68.3 Å². The van der Waals surface area contributed by atoms with Crippen LogP contribution >= 0.6 is 0 Å². The predicted octanol–water partition coefficient (Wildman–Crippen LogP) is 6.52. The van der Waals surface area contributed by atoms with Gasteiger partial charge in [-0.2, -0.15) is 0 Å². The zero-order valence-corrected chi connectivity index (χ0v) is 19.7. The molecule has 0 saturated heterocycles. The molecule has 0 saturated carbocycles. The highest BCUT2D eigenvalue weighted by atomic mass is 16.5. The lowest BCUT2D eigenvalue weighted by molar-refractivity contribution is 0.303. The number of nitrogens with zero attached hydrogens (tertiary/aromatic N) is 3. The van der Waals surface area contributed by atoms with Gasteiger partial charge in [-0.25, -0.2) is 4.99 Å². The standard InChI is InChI=1S/C27H37N3O/c1-5-6-12-20-13-9-7-8-10-14-21-17-22(20)26(30(21)3)18-24-27(31-4)19-23(28-24)25-15-11-16-29(25)2/h11,15-20H,5-10,12-14H2,1-4H3. The molecule has 0 radical (unpaired) electrons. The molecular weight excluding hydrogens is 382 g/mol. The highest BCUT2D eigenvalue weighted by Crippen LogP contribution is 2.36. The molecule has 1 aliphatic heterocycles. The van der Waals surface area contributed by atoms with E-state index in [1.807, 2.05) is 0 Å². The van der Waals surface area contributed by atoms with Crippen LogP contribution < -0.4 is 0 Å². The Hall–Kier alpha value is -2.49. The lowest BCUT2D eigenvalue weighted by Gasteiger charge is -2.18. The zero-order valence-electron chi connectivity index (χ0n) is 19.7. The maximum atomic E-state index is 5.74. The number of methoxy groups -OCH3 is 1. The molecule has 2 bridgehead atoms. The van der Waals surface area contributed by atoms with Crippen LogP contribution in [0.25, 0.3) is 6.08 Å². The van der Waals surface area contributed by atoms with Crippen molar-refractivity contribution in [2.24, 2.45) is 19.1 Å². The minimum absolute atomic E-state index is 0.637. The number of ether oxygens (including phenoxy) is 1. The Bertz CT molecular complexity index is 1000. The molecule has 2 aliphatic rings. The van der Waals surface area contributed by atoms with E-state index < -0.39 is 0 Å². The average Bonchev–Trinajstić information content (AvgIpc) is 3.46. The van der Waals surface area contributed by atoms with Gasteiger partial charge in [0.15, 0.2) is 0 Å². The molecule has 3 heterocycles. The van der Waals surface area contributed by atoms with Crippen molar-refractivity contribution in [1.82, 2.24) is 9.13 Å². The van der Waals surface area contributed by atoms with Crippen LogP contribution in [0.3, 0.4) is 0 Å². The summed E-state index contributed by atoms with van der Waals surface area (Å²) in [5.74, 6) is 1.48. The lowest BCUT2D eigenvalue weighted by Crippen LogP contribution is -2.03. The number of hydrogen-bond donors (Lipinski definition) is 0. The predicted molar refractivity (Wildman–Crippen MR) is 129 cm³/mol. The summed E-state index contributed by atoms with van der Waals surface area (Å²) in [7, 11) is 6.03. The normalized spacial score (nSPS) is 20.6. The second-order valence-electron chi connectivity index (χ2n) is 9.07. The molecule has 166 valence electrons. The Morgan fingerprint density at radius 1 is 1.19 bits per heavy atom. The third kappa shape index (κ3) is 4.58. The molecule has 1 unspecified atom stereocenters. The highest BCUT2D eigenvalue weighted by Gasteiger charge is 2.23. The van der Waals surface area contributed by atoms with Crippen LogP contribution in [0, 0.1) is 0 Å². The van der Waals surface area contributed by atoms with Gasteiger partial charge in [0.1, 0.15) is 11.5 Å². The molecular formula is C27H37N3O. The van der Waals surface area contributed by atoms with Crippen LogP contribution in [0.5, 0.6) is 0 Å². The summed E-state index contributed by atoms with van der Waals surface area (Å²) in [6.07, 6.45) is 18.0. The van der Waals surface area contributed by atoms with Crippen molar-refractivity contribution in [3.63, 3.8) is 0 Å². The third-order valence-corrected chi connectivity index (χ3v) is 6.95. The first-order valence-corrected chi connectivity index (χ1v) is 12.0. The Kier molecular flexibility index (Phi) is 6.84. The molecule has 0 amide bonds. The molecule has 4 nitrogen and oxygen atoms in total. The fourth-order valence-corrected chi connectivity index (χ4v) is 5.07. The van der Waals surface area contributed by atoms with Crippen molar-refractivity contribution in [1.29, 1.82) is 0 Å². The molecule has 1 aliphatic carbocycles. The molecule has 2 aromatic rings. The largest absolute Gasteiger partial charge is 0.494 e. The van der Waals surface area contributed by atoms with Crippen molar-refractivity contribution in [2.45, 2.75) is 70.6 Å². The van der Waals surface area contributed by atoms with Gasteiger partial charge in [-0.15, -0.1) is 0 Å². The Morgan fingerprint density at radius 2 is 2.03 bits per heavy atom. The maximum absolute atomic E-state index is 5.74. The van der Waals surface area contributed by atoms with Gasteiger partial charge in [0, 0.05) is 37.8 Å². The first-order valence-electron chi connectivity index (χ1n) is 12.0. The number of aryl methyl sites for hydroxylation is 2. The monoisotopic (exact) mass is 419 g/mol. The van der Waals surface area contributed by atoms with Crippen LogP contribution in [-0.4, -0.2) is 22.0 Å². The molecule has 0 N–H and O–H groups in total. The molecule has 4 heteroatoms. The summed E-state index contributed by atoms with van der Waals surface area (Å²) >= 11 is 0. The zero-order chi connectivity index (χ0) is 21.8. The maximum Gasteiger partial charge on any atom is 0.146 e. The highest BCUT2D eigenvalue weighted by molar-refractivity contribution is 6.11. The van der Waals surface area contributed by atoms with Crippen LogP contribution in [0.2, 0.25) is 0 Å². The number of fused-ring (bicyclic) bond motifs is 2. The lowest BCUT2D eigenvalue weighted by atomic mass is 9.87. The van der Waals surface area contributed by atoms with E-state index in [1.54, 1.807) is 7.11 Å². The fourth-order valence-electron chi connectivity index (χ4n) is 5.07. The van der Waals surface area contributed by atoms with Crippen LogP contribution in [0.4, 0.5) is 0 Å². The minimum Gasteiger partial charge on any atom is -0.494 e. The van der Waals surface area contributed by atoms with Crippen LogP contribution in [0.15, 0.2) is 46.9 Å². The van der Waals surface area contributed by atoms with E-state index in [-0.39, 0.29) is 0 Å². The third-order valence-electron chi connectivity index (χ3n) is 6.95. The van der Waals surface area contributed by atoms with Gasteiger partial charge >= 0.3 is 0 Å². The molecule has 4 rings (SSSR count). The van der Waals surface area contributed by atoms with Gasteiger partial charge < -0.3 is 13.9 Å². The smallest absolute Gasteiger partial charge is 0.146 e. The Balaban J connectivity index is 1.77. The number of rotatable bonds is 6. The summed E-state index contributed by atoms with van der Waals surface area (Å²) in [6, 6.07) is 6.65. The second kappa shape index (κ2) is 9.76. The SMILES string of the molecule is CCCCC1CCCCCCc2cc1c(C=C1N=C(c3cccn3C)C=C1OC)n2C. The van der Waals surface area contributed by atoms with Crippen LogP contribution in [-0.2, 0) is 25.3 Å². The van der Waals surface area contributed by atoms with Crippen molar-refractivity contribution >= 4 is 11.8 Å². The number of unbranched alkanes of at least 4 members (excludes halogenated alkanes) is 1. The first kappa shape index (κ1) is 21.7. The first-order chi connectivity index (χ1) is 15.1. The number of aromatic nitrogens is 2. The molecule has 31 heavy (non-hydrogen) atoms. The molecule has 0 spiro atoms. The van der Waals surface area contributed by atoms with Gasteiger partial charge in [0.2, 0.25) is 0 Å². The van der Waals surface area contributed by atoms with Crippen molar-refractivity contribution < 1.29 is 4.74 Å². The van der Waals surface area contributed by atoms with E-state index in [9.17, 15) is 0 Å². The van der Waals surface area contributed by atoms with Crippen LogP contribution in [0.1, 0.15) is 86.9 Å². The van der Waals surface area contributed by atoms with E-state index in [0.717, 1.165) is 29.3 Å². The van der Waals surface area contributed by atoms with E-state index >= 15 is 0 Å². The van der Waals surface area contributed by atoms with Gasteiger partial charge in [0.25, 0.3) is 0 Å². The molecule has 0 fully saturated rings. The number of aliphatic imine (C=N–C) groups is 1. The van der Waals surface area contributed by atoms with Gasteiger partial charge in [-0.1, -0.05) is 39.0 Å². The second-order valence-corrected chi connectivity index (χ2v) is 9.07. The fraction of sp³-hybridized carbons (Fsp3) is 0.519. The minimum atomic E-state index is 0.637. The quantitative estimate of drug-likeness (QED) is 0.524. The summed E-state index contributed by atoms with van der Waals surface area (Å²) in [5, 5.41) is 0. The van der Waals surface area contributed by atoms with Gasteiger partial charge in [-0.3, -0.25) is 0 Å². The van der Waals surface area contributed by atoms with Gasteiger partial charge in [0.05, 0.1) is 18.5 Å². The molecule has 0 aromatic carbocycles. The topological polar surface area (TPSA) is 31.4 Å². The summed E-state index contributed by atoms with van der Waals surface area (Å²) < 4.78 is 10.3. The summed E-state index contributed by atoms with van der Waals surface area (Å²) in [4.78, 5) is 4.98. The van der Waals surface area contributed by atoms with Gasteiger partial charge in [-0.05, 0) is 61.4 Å². The van der Waals surface area contributed by atoms with Crippen molar-refractivity contribution in [3.8, 4) is 0 Å². The molecule has 2 aromatic heterocycles. The van der Waals surface area contributed by atoms with E-state index in [4.69, 9.17) is 9.73 Å². The number of hydrogen-bond acceptors (Lipinski definition) is 2. The Labute approximate surface area is 187 Å². The number of allylic oxidation sites excluding steroid dienone is 1. The van der Waals surface area contributed by atoms with Crippen molar-refractivity contribution in [3.05, 3.63) is 64.6 Å². The summed E-state index contributed by atoms with van der Waals surface area (Å²) in [6.45, 7) is 2.30.